The molecular formula is C33H46O2S. The number of hydrogen-bond donors (Lipinski definition) is 0. The molecule has 0 unspecified atom stereocenters. The van der Waals surface area contributed by atoms with Gasteiger partial charge in [0.1, 0.15) is 0 Å². The molecule has 0 radical (unpaired) electrons. The Kier molecular flexibility index (Phi) is 10.3. The van der Waals surface area contributed by atoms with Crippen LogP contribution in [-0.2, 0) is 16.0 Å². The molecule has 0 heterocycles. The maximum absolute atomic E-state index is 12.8. The molecule has 0 fully saturated rings. The number of benzene rings is 2. The third kappa shape index (κ3) is 7.75. The quantitative estimate of drug-likeness (QED) is 0.163. The first kappa shape index (κ1) is 28.6. The maximum atomic E-state index is 12.8. The van der Waals surface area contributed by atoms with E-state index in [2.05, 4.69) is 82.3 Å². The van der Waals surface area contributed by atoms with Gasteiger partial charge < -0.3 is 4.74 Å². The summed E-state index contributed by atoms with van der Waals surface area (Å²) in [6.45, 7) is 13.4. The van der Waals surface area contributed by atoms with E-state index in [0.717, 1.165) is 44.3 Å². The van der Waals surface area contributed by atoms with Gasteiger partial charge in [-0.15, -0.1) is 11.8 Å². The zero-order valence-electron chi connectivity index (χ0n) is 23.4. The number of allylic oxidation sites excluding steroid dienone is 1. The van der Waals surface area contributed by atoms with E-state index in [1.807, 2.05) is 25.6 Å². The van der Waals surface area contributed by atoms with Crippen LogP contribution in [0.1, 0.15) is 96.8 Å². The Bertz CT molecular complexity index is 1010. The van der Waals surface area contributed by atoms with Gasteiger partial charge in [0.2, 0.25) is 0 Å². The van der Waals surface area contributed by atoms with Crippen molar-refractivity contribution in [1.82, 2.24) is 0 Å². The Labute approximate surface area is 224 Å². The topological polar surface area (TPSA) is 26.3 Å². The van der Waals surface area contributed by atoms with Crippen LogP contribution in [0.4, 0.5) is 0 Å². The maximum Gasteiger partial charge on any atom is 0.312 e. The molecule has 0 atom stereocenters. The first-order valence-corrected chi connectivity index (χ1v) is 14.8. The number of fused-ring (bicyclic) bond motifs is 1. The number of hydrogen-bond acceptors (Lipinski definition) is 3. The van der Waals surface area contributed by atoms with Crippen molar-refractivity contribution in [2.45, 2.75) is 91.4 Å². The van der Waals surface area contributed by atoms with Crippen LogP contribution in [0.2, 0.25) is 0 Å². The third-order valence-corrected chi connectivity index (χ3v) is 9.01. The lowest BCUT2D eigenvalue weighted by Crippen LogP contribution is -2.41. The number of carbonyl (C=O) groups excluding carboxylic acids is 1. The van der Waals surface area contributed by atoms with Gasteiger partial charge in [-0.1, -0.05) is 70.2 Å². The highest BCUT2D eigenvalue weighted by Crippen LogP contribution is 2.44. The summed E-state index contributed by atoms with van der Waals surface area (Å²) in [7, 11) is 0. The van der Waals surface area contributed by atoms with Crippen molar-refractivity contribution in [2.24, 2.45) is 16.7 Å². The first-order chi connectivity index (χ1) is 17.1. The zero-order valence-corrected chi connectivity index (χ0v) is 24.2. The molecule has 1 aliphatic carbocycles. The number of rotatable bonds is 12. The minimum Gasteiger partial charge on any atom is -0.465 e. The lowest BCUT2D eigenvalue weighted by atomic mass is 9.64. The van der Waals surface area contributed by atoms with E-state index in [4.69, 9.17) is 4.74 Å². The van der Waals surface area contributed by atoms with Crippen molar-refractivity contribution in [1.29, 1.82) is 0 Å². The highest BCUT2D eigenvalue weighted by atomic mass is 32.2. The summed E-state index contributed by atoms with van der Waals surface area (Å²) < 4.78 is 5.69. The fraction of sp³-hybridized carbons (Fsp3) is 0.545. The third-order valence-electron chi connectivity index (χ3n) is 7.91. The summed E-state index contributed by atoms with van der Waals surface area (Å²) in [6.07, 6.45) is 10.1. The lowest BCUT2D eigenvalue weighted by Gasteiger charge is -2.40. The molecule has 3 heteroatoms. The number of aryl methyl sites for hydroxylation is 1. The fourth-order valence-corrected chi connectivity index (χ4v) is 6.01. The van der Waals surface area contributed by atoms with E-state index in [-0.39, 0.29) is 11.4 Å². The van der Waals surface area contributed by atoms with Gasteiger partial charge in [0.05, 0.1) is 12.0 Å². The van der Waals surface area contributed by atoms with Gasteiger partial charge in [0.25, 0.3) is 0 Å². The summed E-state index contributed by atoms with van der Waals surface area (Å²) >= 11 is 1.92. The Morgan fingerprint density at radius 3 is 2.39 bits per heavy atom. The second-order valence-corrected chi connectivity index (χ2v) is 13.1. The number of esters is 1. The van der Waals surface area contributed by atoms with Crippen LogP contribution in [0, 0.1) is 16.7 Å². The van der Waals surface area contributed by atoms with E-state index in [1.165, 1.54) is 33.6 Å². The van der Waals surface area contributed by atoms with Gasteiger partial charge >= 0.3 is 5.97 Å². The molecule has 2 aromatic carbocycles. The summed E-state index contributed by atoms with van der Waals surface area (Å²) in [6, 6.07) is 17.9. The highest BCUT2D eigenvalue weighted by Gasteiger charge is 2.44. The summed E-state index contributed by atoms with van der Waals surface area (Å²) in [5, 5.41) is 0. The Hall–Kier alpha value is -2.00. The summed E-state index contributed by atoms with van der Waals surface area (Å²) in [5.41, 5.74) is 5.07. The largest absolute Gasteiger partial charge is 0.465 e. The molecule has 0 spiro atoms. The van der Waals surface area contributed by atoms with Crippen molar-refractivity contribution in [2.75, 3.05) is 12.4 Å². The molecule has 0 aromatic heterocycles. The molecule has 2 nitrogen and oxygen atoms in total. The molecule has 0 saturated heterocycles. The number of thioether (sulfide) groups is 1. The molecule has 0 N–H and O–H groups in total. The molecule has 0 bridgehead atoms. The molecule has 0 aliphatic heterocycles. The SMILES string of the molecule is CC(C)CC(C)(C)C(C)(C)C(=O)OCCCCCSc1ccc(C2=Cc3ccccc3CCC2)cc1. The zero-order chi connectivity index (χ0) is 26.2. The number of ether oxygens (including phenoxy) is 1. The van der Waals surface area contributed by atoms with Crippen molar-refractivity contribution in [3.63, 3.8) is 0 Å². The van der Waals surface area contributed by atoms with Crippen LogP contribution >= 0.6 is 11.8 Å². The second-order valence-electron chi connectivity index (χ2n) is 11.9. The Morgan fingerprint density at radius 1 is 0.944 bits per heavy atom. The average Bonchev–Trinajstić information content (AvgIpc) is 3.05. The van der Waals surface area contributed by atoms with E-state index < -0.39 is 5.41 Å². The minimum absolute atomic E-state index is 0.0603. The Morgan fingerprint density at radius 2 is 1.67 bits per heavy atom. The molecule has 0 saturated carbocycles. The molecule has 2 aromatic rings. The molecule has 36 heavy (non-hydrogen) atoms. The predicted molar refractivity (Wildman–Crippen MR) is 156 cm³/mol. The van der Waals surface area contributed by atoms with Gasteiger partial charge in [-0.05, 0) is 110 Å². The van der Waals surface area contributed by atoms with Gasteiger partial charge in [0, 0.05) is 4.90 Å². The highest BCUT2D eigenvalue weighted by molar-refractivity contribution is 7.99. The van der Waals surface area contributed by atoms with Gasteiger partial charge in [0.15, 0.2) is 0 Å². The standard InChI is InChI=1S/C33H46O2S/c1-25(2)24-32(3,4)33(5,6)31(34)35-21-10-7-11-22-36-30-19-17-27(18-20-30)29-16-12-15-26-13-8-9-14-28(26)23-29/h8-9,13-14,17-20,23,25H,7,10-12,15-16,21-22,24H2,1-6H3. The van der Waals surface area contributed by atoms with E-state index in [1.54, 1.807) is 0 Å². The van der Waals surface area contributed by atoms with Crippen LogP contribution < -0.4 is 0 Å². The summed E-state index contributed by atoms with van der Waals surface area (Å²) in [4.78, 5) is 14.1. The molecule has 1 aliphatic rings. The molecule has 196 valence electrons. The van der Waals surface area contributed by atoms with E-state index in [9.17, 15) is 4.79 Å². The Balaban J connectivity index is 1.37. The monoisotopic (exact) mass is 506 g/mol. The van der Waals surface area contributed by atoms with Gasteiger partial charge in [-0.2, -0.15) is 0 Å². The van der Waals surface area contributed by atoms with Crippen LogP contribution in [0.25, 0.3) is 11.6 Å². The lowest BCUT2D eigenvalue weighted by molar-refractivity contribution is -0.161. The van der Waals surface area contributed by atoms with Crippen molar-refractivity contribution >= 4 is 29.4 Å². The molecular weight excluding hydrogens is 460 g/mol. The smallest absolute Gasteiger partial charge is 0.312 e. The summed E-state index contributed by atoms with van der Waals surface area (Å²) in [5.74, 6) is 1.60. The first-order valence-electron chi connectivity index (χ1n) is 13.8. The second kappa shape index (κ2) is 13.0. The van der Waals surface area contributed by atoms with Crippen molar-refractivity contribution in [3.8, 4) is 0 Å². The minimum atomic E-state index is -0.477. The van der Waals surface area contributed by atoms with Crippen LogP contribution in [-0.4, -0.2) is 18.3 Å². The van der Waals surface area contributed by atoms with Crippen LogP contribution in [0.3, 0.4) is 0 Å². The van der Waals surface area contributed by atoms with Crippen LogP contribution in [0.15, 0.2) is 53.4 Å². The van der Waals surface area contributed by atoms with Gasteiger partial charge in [-0.3, -0.25) is 4.79 Å². The van der Waals surface area contributed by atoms with Gasteiger partial charge in [-0.25, -0.2) is 0 Å². The van der Waals surface area contributed by atoms with E-state index in [0.29, 0.717) is 12.5 Å². The number of unbranched alkanes of at least 4 members (excludes halogenated alkanes) is 2. The molecule has 3 rings (SSSR count). The molecule has 0 amide bonds. The van der Waals surface area contributed by atoms with Crippen molar-refractivity contribution < 1.29 is 9.53 Å². The van der Waals surface area contributed by atoms with Crippen LogP contribution in [0.5, 0.6) is 0 Å². The number of carbonyl (C=O) groups is 1. The fourth-order valence-electron chi connectivity index (χ4n) is 5.09. The predicted octanol–water partition coefficient (Wildman–Crippen LogP) is 9.47. The average molecular weight is 507 g/mol. The van der Waals surface area contributed by atoms with E-state index >= 15 is 0 Å². The normalized spacial score (nSPS) is 14.2. The van der Waals surface area contributed by atoms with Crippen molar-refractivity contribution in [3.05, 3.63) is 65.2 Å².